The topological polar surface area (TPSA) is 41.3 Å². The highest BCUT2D eigenvalue weighted by Crippen LogP contribution is 2.26. The highest BCUT2D eigenvalue weighted by Gasteiger charge is 2.35. The number of nitrogens with zero attached hydrogens (tertiary/aromatic N) is 1. The van der Waals surface area contributed by atoms with Crippen LogP contribution in [0.2, 0.25) is 5.02 Å². The van der Waals surface area contributed by atoms with Crippen LogP contribution in [-0.4, -0.2) is 23.9 Å². The molecular formula is C17H16ClN2O2+. The molecule has 0 aromatic heterocycles. The third-order valence-corrected chi connectivity index (χ3v) is 3.88. The number of halogens is 1. The lowest BCUT2D eigenvalue weighted by molar-refractivity contribution is -0.594. The van der Waals surface area contributed by atoms with E-state index in [0.717, 1.165) is 16.9 Å². The Hall–Kier alpha value is -2.33. The molecule has 1 N–H and O–H groups in total. The van der Waals surface area contributed by atoms with Gasteiger partial charge in [0.15, 0.2) is 0 Å². The van der Waals surface area contributed by atoms with Crippen LogP contribution in [0.25, 0.3) is 0 Å². The highest BCUT2D eigenvalue weighted by molar-refractivity contribution is 6.30. The zero-order valence-corrected chi connectivity index (χ0v) is 12.9. The Labute approximate surface area is 134 Å². The monoisotopic (exact) mass is 315 g/mol. The molecule has 112 valence electrons. The lowest BCUT2D eigenvalue weighted by Crippen LogP contribution is -2.26. The van der Waals surface area contributed by atoms with E-state index in [0.29, 0.717) is 11.4 Å². The molecule has 0 aliphatic carbocycles. The Morgan fingerprint density at radius 3 is 2.50 bits per heavy atom. The van der Waals surface area contributed by atoms with Gasteiger partial charge in [-0.15, -0.1) is 10.1 Å². The van der Waals surface area contributed by atoms with Gasteiger partial charge in [-0.05, 0) is 48.5 Å². The first-order valence-electron chi connectivity index (χ1n) is 6.98. The summed E-state index contributed by atoms with van der Waals surface area (Å²) in [6.45, 7) is 0. The van der Waals surface area contributed by atoms with Gasteiger partial charge < -0.3 is 4.74 Å². The van der Waals surface area contributed by atoms with Crippen molar-refractivity contribution in [1.29, 1.82) is 0 Å². The van der Waals surface area contributed by atoms with Crippen molar-refractivity contribution in [2.45, 2.75) is 12.5 Å². The largest absolute Gasteiger partial charge is 0.497 e. The molecule has 1 heterocycles. The number of methoxy groups -OCH3 is 1. The van der Waals surface area contributed by atoms with Crippen LogP contribution in [0.1, 0.15) is 23.6 Å². The lowest BCUT2D eigenvalue weighted by Gasteiger charge is -2.06. The average molecular weight is 316 g/mol. The smallest absolute Gasteiger partial charge is 0.281 e. The maximum Gasteiger partial charge on any atom is 0.281 e. The van der Waals surface area contributed by atoms with Crippen LogP contribution in [0.4, 0.5) is 0 Å². The zero-order chi connectivity index (χ0) is 15.5. The SMILES string of the molecule is COc1ccc([C@H]2CC(=O)N/[N+]2=C\c2ccc(Cl)cc2)cc1. The minimum absolute atomic E-state index is 0.00558. The lowest BCUT2D eigenvalue weighted by atomic mass is 10.0. The number of rotatable bonds is 3. The molecule has 1 aliphatic rings. The van der Waals surface area contributed by atoms with Gasteiger partial charge in [-0.1, -0.05) is 11.6 Å². The van der Waals surface area contributed by atoms with E-state index in [4.69, 9.17) is 16.3 Å². The molecule has 4 nitrogen and oxygen atoms in total. The van der Waals surface area contributed by atoms with Crippen molar-refractivity contribution in [1.82, 2.24) is 5.43 Å². The van der Waals surface area contributed by atoms with Crippen LogP contribution in [-0.2, 0) is 4.79 Å². The van der Waals surface area contributed by atoms with E-state index in [-0.39, 0.29) is 11.9 Å². The summed E-state index contributed by atoms with van der Waals surface area (Å²) in [6, 6.07) is 15.2. The number of nitrogens with one attached hydrogen (secondary N) is 1. The van der Waals surface area contributed by atoms with Crippen molar-refractivity contribution < 1.29 is 14.2 Å². The molecule has 2 aromatic carbocycles. The summed E-state index contributed by atoms with van der Waals surface area (Å²) >= 11 is 5.90. The minimum Gasteiger partial charge on any atom is -0.497 e. The van der Waals surface area contributed by atoms with Gasteiger partial charge in [0.2, 0.25) is 12.3 Å². The van der Waals surface area contributed by atoms with Gasteiger partial charge in [0.05, 0.1) is 7.11 Å². The van der Waals surface area contributed by atoms with Crippen molar-refractivity contribution >= 4 is 23.7 Å². The molecule has 3 rings (SSSR count). The number of ether oxygens (including phenoxy) is 1. The molecule has 1 saturated heterocycles. The van der Waals surface area contributed by atoms with Crippen molar-refractivity contribution in [3.8, 4) is 5.75 Å². The maximum atomic E-state index is 11.8. The highest BCUT2D eigenvalue weighted by atomic mass is 35.5. The van der Waals surface area contributed by atoms with Crippen molar-refractivity contribution in [2.75, 3.05) is 7.11 Å². The third kappa shape index (κ3) is 3.12. The fourth-order valence-electron chi connectivity index (χ4n) is 2.48. The van der Waals surface area contributed by atoms with Gasteiger partial charge in [0.25, 0.3) is 5.91 Å². The summed E-state index contributed by atoms with van der Waals surface area (Å²) in [5.74, 6) is 0.806. The molecule has 2 aromatic rings. The number of benzene rings is 2. The quantitative estimate of drug-likeness (QED) is 0.885. The zero-order valence-electron chi connectivity index (χ0n) is 12.1. The number of hydrogen-bond donors (Lipinski definition) is 1. The van der Waals surface area contributed by atoms with E-state index in [2.05, 4.69) is 5.43 Å². The van der Waals surface area contributed by atoms with Gasteiger partial charge in [0.1, 0.15) is 12.2 Å². The summed E-state index contributed by atoms with van der Waals surface area (Å²) < 4.78 is 7.01. The Morgan fingerprint density at radius 2 is 1.86 bits per heavy atom. The Bertz CT molecular complexity index is 708. The molecule has 1 atom stereocenters. The number of carbonyl (C=O) groups is 1. The van der Waals surface area contributed by atoms with Gasteiger partial charge in [-0.3, -0.25) is 4.79 Å². The van der Waals surface area contributed by atoms with E-state index in [9.17, 15) is 4.79 Å². The summed E-state index contributed by atoms with van der Waals surface area (Å²) in [5, 5.41) is 0.689. The molecule has 0 spiro atoms. The molecule has 1 fully saturated rings. The average Bonchev–Trinajstić information content (AvgIpc) is 2.90. The Balaban J connectivity index is 1.91. The van der Waals surface area contributed by atoms with Crippen LogP contribution < -0.4 is 10.2 Å². The first-order chi connectivity index (χ1) is 10.7. The van der Waals surface area contributed by atoms with E-state index in [1.807, 2.05) is 59.4 Å². The van der Waals surface area contributed by atoms with Crippen LogP contribution in [0, 0.1) is 0 Å². The van der Waals surface area contributed by atoms with Crippen LogP contribution in [0.15, 0.2) is 48.5 Å². The predicted molar refractivity (Wildman–Crippen MR) is 85.4 cm³/mol. The molecule has 1 amide bonds. The fourth-order valence-corrected chi connectivity index (χ4v) is 2.60. The molecule has 1 aliphatic heterocycles. The summed E-state index contributed by atoms with van der Waals surface area (Å²) in [6.07, 6.45) is 2.34. The summed E-state index contributed by atoms with van der Waals surface area (Å²) in [4.78, 5) is 11.8. The van der Waals surface area contributed by atoms with Gasteiger partial charge in [-0.25, -0.2) is 0 Å². The number of carbonyl (C=O) groups excluding carboxylic acids is 1. The second kappa shape index (κ2) is 6.20. The standard InChI is InChI=1S/C17H15ClN2O2/c1-22-15-8-4-13(5-9-15)16-10-17(21)19-20(16)11-12-2-6-14(18)7-3-12/h2-9,11,16H,10H2,1H3/p+1/b20-11-/t16-/m1/s1. The van der Waals surface area contributed by atoms with E-state index in [1.165, 1.54) is 0 Å². The van der Waals surface area contributed by atoms with Gasteiger partial charge in [-0.2, -0.15) is 0 Å². The predicted octanol–water partition coefficient (Wildman–Crippen LogP) is 2.96. The summed E-state index contributed by atoms with van der Waals surface area (Å²) in [7, 11) is 1.64. The molecule has 0 unspecified atom stereocenters. The molecular weight excluding hydrogens is 300 g/mol. The molecule has 5 heteroatoms. The second-order valence-electron chi connectivity index (χ2n) is 5.12. The fraction of sp³-hybridized carbons (Fsp3) is 0.176. The van der Waals surface area contributed by atoms with E-state index in [1.54, 1.807) is 7.11 Å². The van der Waals surface area contributed by atoms with E-state index < -0.39 is 0 Å². The minimum atomic E-state index is -0.0333. The number of hydrazine groups is 1. The molecule has 0 radical (unpaired) electrons. The second-order valence-corrected chi connectivity index (χ2v) is 5.55. The van der Waals surface area contributed by atoms with E-state index >= 15 is 0 Å². The normalized spacial score (nSPS) is 19.3. The maximum absolute atomic E-state index is 11.8. The van der Waals surface area contributed by atoms with Gasteiger partial charge >= 0.3 is 0 Å². The third-order valence-electron chi connectivity index (χ3n) is 3.63. The Morgan fingerprint density at radius 1 is 1.18 bits per heavy atom. The van der Waals surface area contributed by atoms with Crippen LogP contribution in [0.3, 0.4) is 0 Å². The van der Waals surface area contributed by atoms with Crippen LogP contribution >= 0.6 is 11.6 Å². The van der Waals surface area contributed by atoms with Crippen molar-refractivity contribution in [3.05, 3.63) is 64.7 Å². The molecule has 0 saturated carbocycles. The van der Waals surface area contributed by atoms with Crippen LogP contribution in [0.5, 0.6) is 5.75 Å². The number of hydrazone groups is 1. The number of hydrogen-bond acceptors (Lipinski definition) is 2. The van der Waals surface area contributed by atoms with Crippen molar-refractivity contribution in [2.24, 2.45) is 0 Å². The Kier molecular flexibility index (Phi) is 4.11. The first-order valence-corrected chi connectivity index (χ1v) is 7.36. The number of amides is 1. The van der Waals surface area contributed by atoms with Gasteiger partial charge in [0, 0.05) is 16.1 Å². The molecule has 0 bridgehead atoms. The first kappa shape index (κ1) is 14.6. The van der Waals surface area contributed by atoms with Crippen molar-refractivity contribution in [3.63, 3.8) is 0 Å². The summed E-state index contributed by atoms with van der Waals surface area (Å²) in [5.41, 5.74) is 4.91. The molecule has 22 heavy (non-hydrogen) atoms.